The molecule has 2 aromatic rings. The molecular formula is C14H21N5S2. The second-order valence-electron chi connectivity index (χ2n) is 4.73. The van der Waals surface area contributed by atoms with Crippen molar-refractivity contribution in [2.75, 3.05) is 13.6 Å². The molecule has 0 fully saturated rings. The maximum atomic E-state index is 4.68. The van der Waals surface area contributed by atoms with Gasteiger partial charge in [0.05, 0.1) is 28.8 Å². The third kappa shape index (κ3) is 4.78. The number of nitrogens with one attached hydrogen (secondary N) is 1. The summed E-state index contributed by atoms with van der Waals surface area (Å²) in [6, 6.07) is 0. The van der Waals surface area contributed by atoms with E-state index in [-0.39, 0.29) is 0 Å². The Bertz CT molecular complexity index is 602. The predicted octanol–water partition coefficient (Wildman–Crippen LogP) is 2.81. The Morgan fingerprint density at radius 3 is 2.76 bits per heavy atom. The van der Waals surface area contributed by atoms with Gasteiger partial charge in [0.2, 0.25) is 0 Å². The highest BCUT2D eigenvalue weighted by Gasteiger charge is 2.09. The average Bonchev–Trinajstić information content (AvgIpc) is 3.03. The van der Waals surface area contributed by atoms with Gasteiger partial charge in [-0.15, -0.1) is 22.7 Å². The first-order valence-corrected chi connectivity index (χ1v) is 8.60. The van der Waals surface area contributed by atoms with E-state index in [1.165, 1.54) is 4.88 Å². The van der Waals surface area contributed by atoms with Crippen LogP contribution in [-0.4, -0.2) is 34.4 Å². The van der Waals surface area contributed by atoms with E-state index in [0.29, 0.717) is 6.54 Å². The highest BCUT2D eigenvalue weighted by Crippen LogP contribution is 2.13. The van der Waals surface area contributed by atoms with E-state index >= 15 is 0 Å². The summed E-state index contributed by atoms with van der Waals surface area (Å²) < 4.78 is 0. The molecule has 114 valence electrons. The average molecular weight is 323 g/mol. The monoisotopic (exact) mass is 323 g/mol. The van der Waals surface area contributed by atoms with Crippen molar-refractivity contribution in [1.82, 2.24) is 20.2 Å². The lowest BCUT2D eigenvalue weighted by Gasteiger charge is -2.21. The van der Waals surface area contributed by atoms with E-state index in [4.69, 9.17) is 0 Å². The molecule has 2 heterocycles. The lowest BCUT2D eigenvalue weighted by Crippen LogP contribution is -2.38. The van der Waals surface area contributed by atoms with Gasteiger partial charge >= 0.3 is 0 Å². The van der Waals surface area contributed by atoms with E-state index in [2.05, 4.69) is 37.5 Å². The minimum Gasteiger partial charge on any atom is -0.357 e. The van der Waals surface area contributed by atoms with Crippen LogP contribution in [0.4, 0.5) is 0 Å². The van der Waals surface area contributed by atoms with Crippen molar-refractivity contribution in [2.45, 2.75) is 33.9 Å². The van der Waals surface area contributed by atoms with Crippen molar-refractivity contribution in [2.24, 2.45) is 4.99 Å². The molecule has 2 aromatic heterocycles. The fourth-order valence-electron chi connectivity index (χ4n) is 1.90. The molecule has 1 N–H and O–H groups in total. The topological polar surface area (TPSA) is 53.4 Å². The van der Waals surface area contributed by atoms with Gasteiger partial charge in [-0.05, 0) is 20.8 Å². The van der Waals surface area contributed by atoms with E-state index < -0.39 is 0 Å². The van der Waals surface area contributed by atoms with Crippen molar-refractivity contribution < 1.29 is 0 Å². The standard InChI is InChI=1S/C14H21N5S2/c1-5-15-14(17-7-13-6-16-10(2)21-13)19(4)8-12-9-20-11(3)18-12/h6,9H,5,7-8H2,1-4H3,(H,15,17). The molecule has 5 nitrogen and oxygen atoms in total. The summed E-state index contributed by atoms with van der Waals surface area (Å²) in [4.78, 5) is 16.7. The molecule has 0 bridgehead atoms. The first-order valence-electron chi connectivity index (χ1n) is 6.90. The molecule has 2 rings (SSSR count). The smallest absolute Gasteiger partial charge is 0.194 e. The number of guanidine groups is 1. The Balaban J connectivity index is 2.02. The first-order chi connectivity index (χ1) is 10.1. The van der Waals surface area contributed by atoms with Crippen LogP contribution in [-0.2, 0) is 13.1 Å². The summed E-state index contributed by atoms with van der Waals surface area (Å²) >= 11 is 3.37. The SMILES string of the molecule is CCNC(=NCc1cnc(C)s1)N(C)Cc1csc(C)n1. The Labute approximate surface area is 133 Å². The summed E-state index contributed by atoms with van der Waals surface area (Å²) in [5, 5.41) is 7.60. The van der Waals surface area contributed by atoms with Crippen molar-refractivity contribution in [3.8, 4) is 0 Å². The predicted molar refractivity (Wildman–Crippen MR) is 90.0 cm³/mol. The van der Waals surface area contributed by atoms with Crippen LogP contribution in [0.25, 0.3) is 0 Å². The molecule has 0 aliphatic carbocycles. The maximum absolute atomic E-state index is 4.68. The van der Waals surface area contributed by atoms with E-state index in [9.17, 15) is 0 Å². The largest absolute Gasteiger partial charge is 0.357 e. The second kappa shape index (κ2) is 7.51. The normalized spacial score (nSPS) is 11.7. The number of thiazole rings is 2. The summed E-state index contributed by atoms with van der Waals surface area (Å²) in [6.45, 7) is 8.39. The fraction of sp³-hybridized carbons (Fsp3) is 0.500. The van der Waals surface area contributed by atoms with Crippen molar-refractivity contribution in [1.29, 1.82) is 0 Å². The Hall–Kier alpha value is -1.47. The molecule has 0 radical (unpaired) electrons. The highest BCUT2D eigenvalue weighted by atomic mass is 32.1. The Morgan fingerprint density at radius 2 is 2.19 bits per heavy atom. The first kappa shape index (κ1) is 15.9. The molecule has 0 aliphatic heterocycles. The third-order valence-corrected chi connectivity index (χ3v) is 4.54. The number of aliphatic imine (C=N–C) groups is 1. The molecule has 21 heavy (non-hydrogen) atoms. The van der Waals surface area contributed by atoms with E-state index in [1.54, 1.807) is 22.7 Å². The molecule has 0 aliphatic rings. The number of rotatable bonds is 5. The molecule has 0 atom stereocenters. The highest BCUT2D eigenvalue weighted by molar-refractivity contribution is 7.11. The van der Waals surface area contributed by atoms with Gasteiger partial charge in [0, 0.05) is 30.0 Å². The van der Waals surface area contributed by atoms with Gasteiger partial charge in [0.15, 0.2) is 5.96 Å². The zero-order chi connectivity index (χ0) is 15.2. The zero-order valence-corrected chi connectivity index (χ0v) is 14.5. The fourth-order valence-corrected chi connectivity index (χ4v) is 3.22. The zero-order valence-electron chi connectivity index (χ0n) is 12.9. The summed E-state index contributed by atoms with van der Waals surface area (Å²) in [6.07, 6.45) is 1.90. The molecule has 0 saturated carbocycles. The lowest BCUT2D eigenvalue weighted by molar-refractivity contribution is 0.471. The van der Waals surface area contributed by atoms with Gasteiger partial charge in [-0.1, -0.05) is 0 Å². The van der Waals surface area contributed by atoms with Crippen molar-refractivity contribution in [3.63, 3.8) is 0 Å². The summed E-state index contributed by atoms with van der Waals surface area (Å²) in [7, 11) is 2.04. The summed E-state index contributed by atoms with van der Waals surface area (Å²) in [5.74, 6) is 0.897. The summed E-state index contributed by atoms with van der Waals surface area (Å²) in [5.41, 5.74) is 1.08. The lowest BCUT2D eigenvalue weighted by atomic mass is 10.4. The van der Waals surface area contributed by atoms with Gasteiger partial charge < -0.3 is 10.2 Å². The van der Waals surface area contributed by atoms with Crippen LogP contribution < -0.4 is 5.32 Å². The number of hydrogen-bond acceptors (Lipinski definition) is 5. The van der Waals surface area contributed by atoms with Crippen LogP contribution in [0.1, 0.15) is 27.5 Å². The third-order valence-electron chi connectivity index (χ3n) is 2.82. The molecule has 0 unspecified atom stereocenters. The molecule has 0 aromatic carbocycles. The van der Waals surface area contributed by atoms with Gasteiger partial charge in [-0.25, -0.2) is 15.0 Å². The molecular weight excluding hydrogens is 302 g/mol. The maximum Gasteiger partial charge on any atom is 0.194 e. The minimum atomic E-state index is 0.661. The van der Waals surface area contributed by atoms with Crippen LogP contribution in [0.5, 0.6) is 0 Å². The molecule has 0 amide bonds. The van der Waals surface area contributed by atoms with Crippen molar-refractivity contribution >= 4 is 28.6 Å². The molecule has 7 heteroatoms. The second-order valence-corrected chi connectivity index (χ2v) is 7.11. The quantitative estimate of drug-likeness (QED) is 0.679. The van der Waals surface area contributed by atoms with Crippen LogP contribution in [0, 0.1) is 13.8 Å². The van der Waals surface area contributed by atoms with Gasteiger partial charge in [0.25, 0.3) is 0 Å². The van der Waals surface area contributed by atoms with Crippen LogP contribution in [0.3, 0.4) is 0 Å². The van der Waals surface area contributed by atoms with E-state index in [1.807, 2.05) is 27.1 Å². The van der Waals surface area contributed by atoms with Crippen molar-refractivity contribution in [3.05, 3.63) is 32.2 Å². The van der Waals surface area contributed by atoms with Gasteiger partial charge in [-0.3, -0.25) is 0 Å². The Morgan fingerprint density at radius 1 is 1.38 bits per heavy atom. The van der Waals surface area contributed by atoms with Gasteiger partial charge in [0.1, 0.15) is 0 Å². The van der Waals surface area contributed by atoms with Crippen LogP contribution >= 0.6 is 22.7 Å². The number of aryl methyl sites for hydroxylation is 2. The van der Waals surface area contributed by atoms with Crippen LogP contribution in [0.2, 0.25) is 0 Å². The number of hydrogen-bond donors (Lipinski definition) is 1. The van der Waals surface area contributed by atoms with E-state index in [0.717, 1.165) is 34.8 Å². The number of aromatic nitrogens is 2. The molecule has 0 saturated heterocycles. The Kier molecular flexibility index (Phi) is 5.69. The molecule has 0 spiro atoms. The van der Waals surface area contributed by atoms with Gasteiger partial charge in [-0.2, -0.15) is 0 Å². The number of nitrogens with zero attached hydrogens (tertiary/aromatic N) is 4. The minimum absolute atomic E-state index is 0.661. The van der Waals surface area contributed by atoms with Crippen LogP contribution in [0.15, 0.2) is 16.6 Å².